The fourth-order valence-corrected chi connectivity index (χ4v) is 1.96. The molecular formula is C15H23N3O2. The van der Waals surface area contributed by atoms with E-state index < -0.39 is 0 Å². The zero-order chi connectivity index (χ0) is 15.1. The quantitative estimate of drug-likeness (QED) is 0.823. The van der Waals surface area contributed by atoms with Crippen LogP contribution in [0.3, 0.4) is 0 Å². The first-order valence-electron chi connectivity index (χ1n) is 6.75. The van der Waals surface area contributed by atoms with Crippen molar-refractivity contribution in [2.45, 2.75) is 13.8 Å². The summed E-state index contributed by atoms with van der Waals surface area (Å²) < 4.78 is 0. The molecule has 0 bridgehead atoms. The second-order valence-corrected chi connectivity index (χ2v) is 5.19. The highest BCUT2D eigenvalue weighted by molar-refractivity contribution is 5.94. The second-order valence-electron chi connectivity index (χ2n) is 5.19. The molecule has 3 N–H and O–H groups in total. The fraction of sp³-hybridized carbons (Fsp3) is 0.467. The van der Waals surface area contributed by atoms with E-state index in [1.807, 2.05) is 32.0 Å². The molecule has 20 heavy (non-hydrogen) atoms. The lowest BCUT2D eigenvalue weighted by Crippen LogP contribution is -2.42. The van der Waals surface area contributed by atoms with E-state index in [9.17, 15) is 9.59 Å². The molecule has 0 aliphatic heterocycles. The second kappa shape index (κ2) is 7.65. The van der Waals surface area contributed by atoms with Crippen LogP contribution in [0, 0.1) is 11.8 Å². The van der Waals surface area contributed by atoms with Crippen LogP contribution in [0.1, 0.15) is 13.8 Å². The number of nitrogens with one attached hydrogen (secondary N) is 1. The smallest absolute Gasteiger partial charge is 0.243 e. The molecule has 1 aromatic carbocycles. The first kappa shape index (κ1) is 16.2. The number of carbonyl (C=O) groups excluding carboxylic acids is 2. The third kappa shape index (κ3) is 4.66. The lowest BCUT2D eigenvalue weighted by Gasteiger charge is -2.24. The third-order valence-corrected chi connectivity index (χ3v) is 3.19. The summed E-state index contributed by atoms with van der Waals surface area (Å²) in [5, 5.41) is 2.75. The van der Waals surface area contributed by atoms with Gasteiger partial charge in [-0.3, -0.25) is 9.59 Å². The number of nitrogens with zero attached hydrogens (tertiary/aromatic N) is 1. The van der Waals surface area contributed by atoms with Gasteiger partial charge in [-0.15, -0.1) is 0 Å². The van der Waals surface area contributed by atoms with Crippen LogP contribution in [0.2, 0.25) is 0 Å². The number of likely N-dealkylation sites (N-methyl/N-ethyl adjacent to an activating group) is 1. The Labute approximate surface area is 120 Å². The first-order valence-corrected chi connectivity index (χ1v) is 6.75. The molecule has 1 unspecified atom stereocenters. The molecule has 2 amide bonds. The number of anilines is 1. The number of carbonyl (C=O) groups is 2. The van der Waals surface area contributed by atoms with E-state index in [0.29, 0.717) is 6.54 Å². The van der Waals surface area contributed by atoms with Gasteiger partial charge in [0.15, 0.2) is 0 Å². The Bertz CT molecular complexity index is 446. The zero-order valence-electron chi connectivity index (χ0n) is 12.3. The number of para-hydroxylation sites is 1. The number of amides is 2. The molecule has 1 rings (SSSR count). The highest BCUT2D eigenvalue weighted by Gasteiger charge is 2.24. The van der Waals surface area contributed by atoms with Crippen LogP contribution in [-0.2, 0) is 9.59 Å². The van der Waals surface area contributed by atoms with Crippen LogP contribution in [-0.4, -0.2) is 36.9 Å². The number of hydrogen-bond donors (Lipinski definition) is 2. The van der Waals surface area contributed by atoms with Crippen LogP contribution in [0.25, 0.3) is 0 Å². The molecule has 0 aliphatic rings. The Morgan fingerprint density at radius 2 is 1.85 bits per heavy atom. The van der Waals surface area contributed by atoms with Gasteiger partial charge in [-0.25, -0.2) is 0 Å². The van der Waals surface area contributed by atoms with Crippen molar-refractivity contribution in [1.29, 1.82) is 0 Å². The molecule has 0 heterocycles. The Hall–Kier alpha value is -1.88. The number of hydrogen-bond acceptors (Lipinski definition) is 3. The van der Waals surface area contributed by atoms with E-state index >= 15 is 0 Å². The minimum absolute atomic E-state index is 0.0247. The van der Waals surface area contributed by atoms with Crippen LogP contribution >= 0.6 is 0 Å². The Morgan fingerprint density at radius 1 is 1.25 bits per heavy atom. The van der Waals surface area contributed by atoms with Crippen molar-refractivity contribution in [2.24, 2.45) is 17.6 Å². The Morgan fingerprint density at radius 3 is 2.35 bits per heavy atom. The average molecular weight is 277 g/mol. The molecule has 0 saturated heterocycles. The van der Waals surface area contributed by atoms with Gasteiger partial charge < -0.3 is 16.0 Å². The molecule has 5 nitrogen and oxygen atoms in total. The molecule has 0 aromatic heterocycles. The molecule has 0 radical (unpaired) electrons. The molecule has 0 spiro atoms. The van der Waals surface area contributed by atoms with Crippen molar-refractivity contribution in [3.8, 4) is 0 Å². The van der Waals surface area contributed by atoms with Crippen molar-refractivity contribution in [2.75, 3.05) is 25.5 Å². The largest absolute Gasteiger partial charge is 0.336 e. The van der Waals surface area contributed by atoms with Crippen LogP contribution < -0.4 is 11.1 Å². The normalized spacial score (nSPS) is 12.1. The van der Waals surface area contributed by atoms with Gasteiger partial charge in [0.05, 0.1) is 12.5 Å². The van der Waals surface area contributed by atoms with Gasteiger partial charge in [-0.05, 0) is 18.1 Å². The summed E-state index contributed by atoms with van der Waals surface area (Å²) in [5.41, 5.74) is 6.34. The average Bonchev–Trinajstić information content (AvgIpc) is 2.39. The minimum Gasteiger partial charge on any atom is -0.336 e. The summed E-state index contributed by atoms with van der Waals surface area (Å²) in [5.74, 6) is -0.394. The van der Waals surface area contributed by atoms with E-state index in [2.05, 4.69) is 5.32 Å². The van der Waals surface area contributed by atoms with Crippen LogP contribution in [0.15, 0.2) is 30.3 Å². The van der Waals surface area contributed by atoms with Gasteiger partial charge in [-0.2, -0.15) is 0 Å². The summed E-state index contributed by atoms with van der Waals surface area (Å²) in [4.78, 5) is 25.5. The standard InChI is InChI=1S/C15H23N3O2/c1-11(2)13(9-16)15(20)18(3)10-14(19)17-12-7-5-4-6-8-12/h4-8,11,13H,9-10,16H2,1-3H3,(H,17,19). The third-order valence-electron chi connectivity index (χ3n) is 3.19. The van der Waals surface area contributed by atoms with Crippen molar-refractivity contribution in [3.63, 3.8) is 0 Å². The summed E-state index contributed by atoms with van der Waals surface area (Å²) in [6, 6.07) is 9.16. The molecule has 110 valence electrons. The highest BCUT2D eigenvalue weighted by Crippen LogP contribution is 2.12. The maximum atomic E-state index is 12.2. The number of nitrogens with two attached hydrogens (primary N) is 1. The topological polar surface area (TPSA) is 75.4 Å². The SMILES string of the molecule is CC(C)C(CN)C(=O)N(C)CC(=O)Nc1ccccc1. The van der Waals surface area contributed by atoms with E-state index in [0.717, 1.165) is 5.69 Å². The van der Waals surface area contributed by atoms with Gasteiger partial charge in [0.1, 0.15) is 0 Å². The summed E-state index contributed by atoms with van der Waals surface area (Å²) in [6.07, 6.45) is 0. The predicted octanol–water partition coefficient (Wildman–Crippen LogP) is 1.31. The first-order chi connectivity index (χ1) is 9.45. The predicted molar refractivity (Wildman–Crippen MR) is 80.1 cm³/mol. The van der Waals surface area contributed by atoms with E-state index in [1.54, 1.807) is 19.2 Å². The molecule has 0 saturated carbocycles. The van der Waals surface area contributed by atoms with Gasteiger partial charge in [0.25, 0.3) is 0 Å². The lowest BCUT2D eigenvalue weighted by molar-refractivity contribution is -0.137. The maximum Gasteiger partial charge on any atom is 0.243 e. The number of benzene rings is 1. The molecular weight excluding hydrogens is 254 g/mol. The van der Waals surface area contributed by atoms with Crippen molar-refractivity contribution >= 4 is 17.5 Å². The van der Waals surface area contributed by atoms with Gasteiger partial charge in [0.2, 0.25) is 11.8 Å². The van der Waals surface area contributed by atoms with Crippen molar-refractivity contribution in [3.05, 3.63) is 30.3 Å². The van der Waals surface area contributed by atoms with Crippen molar-refractivity contribution < 1.29 is 9.59 Å². The van der Waals surface area contributed by atoms with Gasteiger partial charge in [-0.1, -0.05) is 32.0 Å². The summed E-state index contributed by atoms with van der Waals surface area (Å²) >= 11 is 0. The molecule has 1 atom stereocenters. The summed E-state index contributed by atoms with van der Waals surface area (Å²) in [6.45, 7) is 4.22. The van der Waals surface area contributed by atoms with E-state index in [-0.39, 0.29) is 30.2 Å². The molecule has 0 aliphatic carbocycles. The Balaban J connectivity index is 2.55. The monoisotopic (exact) mass is 277 g/mol. The lowest BCUT2D eigenvalue weighted by atomic mass is 9.94. The highest BCUT2D eigenvalue weighted by atomic mass is 16.2. The van der Waals surface area contributed by atoms with Crippen LogP contribution in [0.5, 0.6) is 0 Å². The Kier molecular flexibility index (Phi) is 6.18. The molecule has 0 fully saturated rings. The minimum atomic E-state index is -0.246. The fourth-order valence-electron chi connectivity index (χ4n) is 1.96. The van der Waals surface area contributed by atoms with E-state index in [4.69, 9.17) is 5.73 Å². The van der Waals surface area contributed by atoms with Crippen molar-refractivity contribution in [1.82, 2.24) is 4.90 Å². The van der Waals surface area contributed by atoms with Gasteiger partial charge in [0, 0.05) is 19.3 Å². The van der Waals surface area contributed by atoms with Gasteiger partial charge >= 0.3 is 0 Å². The zero-order valence-corrected chi connectivity index (χ0v) is 12.3. The maximum absolute atomic E-state index is 12.2. The van der Waals surface area contributed by atoms with E-state index in [1.165, 1.54) is 4.90 Å². The molecule has 1 aromatic rings. The number of rotatable bonds is 6. The van der Waals surface area contributed by atoms with Crippen LogP contribution in [0.4, 0.5) is 5.69 Å². The molecule has 5 heteroatoms. The summed E-state index contributed by atoms with van der Waals surface area (Å²) in [7, 11) is 1.62.